The molecule has 0 spiro atoms. The van der Waals surface area contributed by atoms with Gasteiger partial charge in [0, 0.05) is 17.8 Å². The first-order valence-electron chi connectivity index (χ1n) is 8.31. The third-order valence-corrected chi connectivity index (χ3v) is 3.41. The van der Waals surface area contributed by atoms with E-state index in [4.69, 9.17) is 4.74 Å². The molecule has 0 saturated carbocycles. The predicted octanol–water partition coefficient (Wildman–Crippen LogP) is 4.00. The number of nitrogens with one attached hydrogen (secondary N) is 2. The van der Waals surface area contributed by atoms with Crippen molar-refractivity contribution in [3.63, 3.8) is 0 Å². The molecule has 0 bridgehead atoms. The van der Waals surface area contributed by atoms with Crippen molar-refractivity contribution >= 4 is 23.2 Å². The molecular weight excluding hydrogens is 316 g/mol. The van der Waals surface area contributed by atoms with Crippen LogP contribution >= 0.6 is 0 Å². The van der Waals surface area contributed by atoms with Crippen LogP contribution in [0, 0.1) is 12.8 Å². The quantitative estimate of drug-likeness (QED) is 0.800. The van der Waals surface area contributed by atoms with Gasteiger partial charge in [0.05, 0.1) is 0 Å². The van der Waals surface area contributed by atoms with Gasteiger partial charge in [-0.1, -0.05) is 26.0 Å². The molecule has 0 radical (unpaired) electrons. The van der Waals surface area contributed by atoms with Crippen LogP contribution in [-0.4, -0.2) is 18.4 Å². The number of carbonyl (C=O) groups excluding carboxylic acids is 2. The number of anilines is 2. The molecule has 25 heavy (non-hydrogen) atoms. The van der Waals surface area contributed by atoms with Crippen LogP contribution in [0.4, 0.5) is 11.4 Å². The average Bonchev–Trinajstić information content (AvgIpc) is 2.54. The Bertz CT molecular complexity index is 724. The van der Waals surface area contributed by atoms with Crippen LogP contribution in [0.1, 0.15) is 25.8 Å². The minimum Gasteiger partial charge on any atom is -0.484 e. The zero-order valence-corrected chi connectivity index (χ0v) is 14.8. The van der Waals surface area contributed by atoms with E-state index in [1.54, 1.807) is 24.3 Å². The van der Waals surface area contributed by atoms with Gasteiger partial charge in [0.15, 0.2) is 6.61 Å². The van der Waals surface area contributed by atoms with Gasteiger partial charge < -0.3 is 15.4 Å². The third-order valence-electron chi connectivity index (χ3n) is 3.41. The van der Waals surface area contributed by atoms with Gasteiger partial charge in [0.1, 0.15) is 5.75 Å². The van der Waals surface area contributed by atoms with Crippen LogP contribution in [0.5, 0.6) is 5.75 Å². The van der Waals surface area contributed by atoms with E-state index in [-0.39, 0.29) is 18.4 Å². The summed E-state index contributed by atoms with van der Waals surface area (Å²) in [7, 11) is 0. The second-order valence-electron chi connectivity index (χ2n) is 6.38. The molecule has 5 heteroatoms. The number of amides is 2. The number of ether oxygens (including phenoxy) is 1. The Balaban J connectivity index is 1.82. The summed E-state index contributed by atoms with van der Waals surface area (Å²) in [4.78, 5) is 23.7. The fourth-order valence-electron chi connectivity index (χ4n) is 2.27. The summed E-state index contributed by atoms with van der Waals surface area (Å²) in [5.41, 5.74) is 2.44. The fourth-order valence-corrected chi connectivity index (χ4v) is 2.27. The summed E-state index contributed by atoms with van der Waals surface area (Å²) in [6.07, 6.45) is 0.481. The lowest BCUT2D eigenvalue weighted by Gasteiger charge is -2.10. The highest BCUT2D eigenvalue weighted by atomic mass is 16.5. The fraction of sp³-hybridized carbons (Fsp3) is 0.300. The van der Waals surface area contributed by atoms with E-state index < -0.39 is 0 Å². The normalized spacial score (nSPS) is 10.4. The largest absolute Gasteiger partial charge is 0.484 e. The van der Waals surface area contributed by atoms with Gasteiger partial charge in [0.25, 0.3) is 5.91 Å². The van der Waals surface area contributed by atoms with E-state index in [2.05, 4.69) is 10.6 Å². The molecule has 0 saturated heterocycles. The first-order valence-corrected chi connectivity index (χ1v) is 8.31. The Morgan fingerprint density at radius 1 is 0.960 bits per heavy atom. The molecule has 2 aromatic rings. The SMILES string of the molecule is Cc1cccc(OCC(=O)Nc2ccc(NC(=O)CC(C)C)cc2)c1. The molecule has 0 aliphatic rings. The number of carbonyl (C=O) groups is 2. The van der Waals surface area contributed by atoms with Crippen molar-refractivity contribution in [2.24, 2.45) is 5.92 Å². The Morgan fingerprint density at radius 3 is 2.12 bits per heavy atom. The van der Waals surface area contributed by atoms with Gasteiger partial charge in [-0.05, 0) is 54.8 Å². The number of benzene rings is 2. The van der Waals surface area contributed by atoms with Gasteiger partial charge in [-0.15, -0.1) is 0 Å². The molecule has 0 fully saturated rings. The maximum absolute atomic E-state index is 11.9. The number of rotatable bonds is 7. The molecule has 2 rings (SSSR count). The van der Waals surface area contributed by atoms with E-state index >= 15 is 0 Å². The monoisotopic (exact) mass is 340 g/mol. The molecule has 5 nitrogen and oxygen atoms in total. The van der Waals surface area contributed by atoms with Crippen LogP contribution in [0.3, 0.4) is 0 Å². The van der Waals surface area contributed by atoms with Crippen LogP contribution < -0.4 is 15.4 Å². The first-order chi connectivity index (χ1) is 11.9. The lowest BCUT2D eigenvalue weighted by molar-refractivity contribution is -0.118. The summed E-state index contributed by atoms with van der Waals surface area (Å²) in [5, 5.41) is 5.59. The minimum absolute atomic E-state index is 0.0154. The molecule has 0 aliphatic heterocycles. The van der Waals surface area contributed by atoms with Crippen LogP contribution in [-0.2, 0) is 9.59 Å². The Labute approximate surface area is 148 Å². The van der Waals surface area contributed by atoms with Gasteiger partial charge in [-0.3, -0.25) is 9.59 Å². The third kappa shape index (κ3) is 6.67. The zero-order chi connectivity index (χ0) is 18.2. The predicted molar refractivity (Wildman–Crippen MR) is 99.8 cm³/mol. The van der Waals surface area contributed by atoms with Crippen molar-refractivity contribution < 1.29 is 14.3 Å². The minimum atomic E-state index is -0.238. The van der Waals surface area contributed by atoms with E-state index in [0.717, 1.165) is 5.56 Å². The van der Waals surface area contributed by atoms with Crippen molar-refractivity contribution in [3.8, 4) is 5.75 Å². The highest BCUT2D eigenvalue weighted by Gasteiger charge is 2.07. The smallest absolute Gasteiger partial charge is 0.262 e. The molecule has 0 heterocycles. The Hall–Kier alpha value is -2.82. The van der Waals surface area contributed by atoms with Crippen molar-refractivity contribution in [1.29, 1.82) is 0 Å². The molecule has 0 aliphatic carbocycles. The van der Waals surface area contributed by atoms with Gasteiger partial charge in [-0.2, -0.15) is 0 Å². The molecule has 0 atom stereocenters. The molecule has 2 N–H and O–H groups in total. The highest BCUT2D eigenvalue weighted by Crippen LogP contribution is 2.15. The maximum Gasteiger partial charge on any atom is 0.262 e. The van der Waals surface area contributed by atoms with E-state index in [1.165, 1.54) is 0 Å². The molecule has 2 amide bonds. The van der Waals surface area contributed by atoms with E-state index in [1.807, 2.05) is 45.0 Å². The highest BCUT2D eigenvalue weighted by molar-refractivity contribution is 5.93. The lowest BCUT2D eigenvalue weighted by atomic mass is 10.1. The maximum atomic E-state index is 11.9. The average molecular weight is 340 g/mol. The Kier molecular flexibility index (Phi) is 6.57. The van der Waals surface area contributed by atoms with Crippen molar-refractivity contribution in [2.45, 2.75) is 27.2 Å². The lowest BCUT2D eigenvalue weighted by Crippen LogP contribution is -2.20. The number of aryl methyl sites for hydroxylation is 1. The summed E-state index contributed by atoms with van der Waals surface area (Å²) < 4.78 is 5.47. The summed E-state index contributed by atoms with van der Waals surface area (Å²) >= 11 is 0. The Morgan fingerprint density at radius 2 is 1.56 bits per heavy atom. The van der Waals surface area contributed by atoms with Crippen LogP contribution in [0.15, 0.2) is 48.5 Å². The van der Waals surface area contributed by atoms with E-state index in [9.17, 15) is 9.59 Å². The number of hydrogen-bond donors (Lipinski definition) is 2. The molecular formula is C20H24N2O3. The molecule has 0 aromatic heterocycles. The van der Waals surface area contributed by atoms with Gasteiger partial charge in [-0.25, -0.2) is 0 Å². The zero-order valence-electron chi connectivity index (χ0n) is 14.8. The second-order valence-corrected chi connectivity index (χ2v) is 6.38. The summed E-state index contributed by atoms with van der Waals surface area (Å²) in [6, 6.07) is 14.6. The standard InChI is InChI=1S/C20H24N2O3/c1-14(2)11-19(23)21-16-7-9-17(10-8-16)22-20(24)13-25-18-6-4-5-15(3)12-18/h4-10,12,14H,11,13H2,1-3H3,(H,21,23)(H,22,24). The van der Waals surface area contributed by atoms with Crippen molar-refractivity contribution in [1.82, 2.24) is 0 Å². The van der Waals surface area contributed by atoms with Gasteiger partial charge in [0.2, 0.25) is 5.91 Å². The van der Waals surface area contributed by atoms with Crippen molar-refractivity contribution in [2.75, 3.05) is 17.2 Å². The second kappa shape index (κ2) is 8.87. The van der Waals surface area contributed by atoms with Crippen LogP contribution in [0.2, 0.25) is 0 Å². The molecule has 132 valence electrons. The topological polar surface area (TPSA) is 67.4 Å². The number of hydrogen-bond acceptors (Lipinski definition) is 3. The molecule has 2 aromatic carbocycles. The first kappa shape index (κ1) is 18.5. The molecule has 0 unspecified atom stereocenters. The summed E-state index contributed by atoms with van der Waals surface area (Å²) in [5.74, 6) is 0.724. The van der Waals surface area contributed by atoms with Crippen LogP contribution in [0.25, 0.3) is 0 Å². The summed E-state index contributed by atoms with van der Waals surface area (Å²) in [6.45, 7) is 5.90. The van der Waals surface area contributed by atoms with Crippen molar-refractivity contribution in [3.05, 3.63) is 54.1 Å². The van der Waals surface area contributed by atoms with E-state index in [0.29, 0.717) is 29.5 Å². The van der Waals surface area contributed by atoms with Gasteiger partial charge >= 0.3 is 0 Å².